The van der Waals surface area contributed by atoms with Crippen molar-refractivity contribution in [1.82, 2.24) is 4.90 Å². The quantitative estimate of drug-likeness (QED) is 0.671. The van der Waals surface area contributed by atoms with E-state index in [0.29, 0.717) is 17.9 Å². The van der Waals surface area contributed by atoms with Gasteiger partial charge in [-0.2, -0.15) is 8.78 Å². The van der Waals surface area contributed by atoms with Crippen LogP contribution in [0, 0.1) is 0 Å². The van der Waals surface area contributed by atoms with Crippen molar-refractivity contribution in [3.8, 4) is 5.75 Å². The van der Waals surface area contributed by atoms with Crippen LogP contribution >= 0.6 is 0 Å². The molecule has 3 rings (SSSR count). The Morgan fingerprint density at radius 1 is 1.33 bits per heavy atom. The molecule has 0 saturated heterocycles. The van der Waals surface area contributed by atoms with Gasteiger partial charge in [-0.1, -0.05) is 12.1 Å². The second kappa shape index (κ2) is 5.50. The molecule has 0 radical (unpaired) electrons. The van der Waals surface area contributed by atoms with Crippen LogP contribution in [0.1, 0.15) is 30.7 Å². The molecule has 0 aliphatic heterocycles. The number of hydrogen-bond acceptors (Lipinski definition) is 2. The van der Waals surface area contributed by atoms with Gasteiger partial charge in [0.1, 0.15) is 5.75 Å². The Kier molecular flexibility index (Phi) is 3.69. The van der Waals surface area contributed by atoms with Crippen molar-refractivity contribution in [2.24, 2.45) is 10.7 Å². The van der Waals surface area contributed by atoms with Crippen LogP contribution in [-0.2, 0) is 0 Å². The van der Waals surface area contributed by atoms with Gasteiger partial charge in [0.2, 0.25) is 0 Å². The Morgan fingerprint density at radius 2 is 2.00 bits per heavy atom. The molecule has 21 heavy (non-hydrogen) atoms. The maximum Gasteiger partial charge on any atom is 0.387 e. The molecular formula is C15H19F2N3O. The number of ether oxygens (including phenoxy) is 1. The lowest BCUT2D eigenvalue weighted by atomic mass is 10.1. The van der Waals surface area contributed by atoms with Gasteiger partial charge < -0.3 is 15.4 Å². The number of hydrogen-bond donors (Lipinski definition) is 1. The zero-order valence-electron chi connectivity index (χ0n) is 11.9. The highest BCUT2D eigenvalue weighted by molar-refractivity contribution is 5.79. The van der Waals surface area contributed by atoms with E-state index in [1.54, 1.807) is 12.1 Å². The average molecular weight is 295 g/mol. The fourth-order valence-electron chi connectivity index (χ4n) is 2.49. The lowest BCUT2D eigenvalue weighted by molar-refractivity contribution is -0.0498. The number of nitrogens with two attached hydrogens (primary N) is 1. The highest BCUT2D eigenvalue weighted by atomic mass is 19.3. The summed E-state index contributed by atoms with van der Waals surface area (Å²) in [5.41, 5.74) is 7.08. The topological polar surface area (TPSA) is 50.8 Å². The molecular weight excluding hydrogens is 276 g/mol. The van der Waals surface area contributed by atoms with E-state index in [2.05, 4.69) is 9.73 Å². The third-order valence-corrected chi connectivity index (χ3v) is 4.04. The highest BCUT2D eigenvalue weighted by Crippen LogP contribution is 2.44. The van der Waals surface area contributed by atoms with Crippen LogP contribution in [0.15, 0.2) is 29.3 Å². The summed E-state index contributed by atoms with van der Waals surface area (Å²) < 4.78 is 28.5. The second-order valence-electron chi connectivity index (χ2n) is 5.69. The highest BCUT2D eigenvalue weighted by Gasteiger charge is 2.39. The maximum absolute atomic E-state index is 12.1. The Hall–Kier alpha value is -1.85. The summed E-state index contributed by atoms with van der Waals surface area (Å²) in [5, 5.41) is 0. The van der Waals surface area contributed by atoms with Crippen molar-refractivity contribution in [1.29, 1.82) is 0 Å². The number of rotatable bonds is 5. The fourth-order valence-corrected chi connectivity index (χ4v) is 2.49. The maximum atomic E-state index is 12.1. The Bertz CT molecular complexity index is 528. The molecule has 1 aromatic rings. The van der Waals surface area contributed by atoms with E-state index < -0.39 is 6.61 Å². The fraction of sp³-hybridized carbons (Fsp3) is 0.533. The van der Waals surface area contributed by atoms with Crippen molar-refractivity contribution in [3.05, 3.63) is 29.8 Å². The van der Waals surface area contributed by atoms with E-state index in [9.17, 15) is 8.78 Å². The number of halogens is 2. The van der Waals surface area contributed by atoms with Crippen LogP contribution in [0.4, 0.5) is 8.78 Å². The number of benzene rings is 1. The Labute approximate surface area is 122 Å². The first-order valence-corrected chi connectivity index (χ1v) is 7.15. The lowest BCUT2D eigenvalue weighted by Gasteiger charge is -2.16. The summed E-state index contributed by atoms with van der Waals surface area (Å²) in [7, 11) is 1.98. The van der Waals surface area contributed by atoms with E-state index in [1.165, 1.54) is 12.8 Å². The van der Waals surface area contributed by atoms with Gasteiger partial charge in [0.25, 0.3) is 0 Å². The predicted molar refractivity (Wildman–Crippen MR) is 76.6 cm³/mol. The third-order valence-electron chi connectivity index (χ3n) is 4.04. The molecule has 0 unspecified atom stereocenters. The molecule has 2 N–H and O–H groups in total. The third kappa shape index (κ3) is 3.43. The van der Waals surface area contributed by atoms with Crippen LogP contribution in [0.3, 0.4) is 0 Å². The smallest absolute Gasteiger partial charge is 0.387 e. The number of alkyl halides is 2. The summed E-state index contributed by atoms with van der Waals surface area (Å²) in [4.78, 5) is 6.58. The molecule has 1 aromatic carbocycles. The summed E-state index contributed by atoms with van der Waals surface area (Å²) in [6.45, 7) is -2.79. The van der Waals surface area contributed by atoms with Crippen LogP contribution < -0.4 is 10.5 Å². The number of guanidine groups is 1. The molecule has 0 heterocycles. The zero-order chi connectivity index (χ0) is 15.0. The van der Waals surface area contributed by atoms with Crippen LogP contribution in [-0.4, -0.2) is 36.6 Å². The molecule has 114 valence electrons. The SMILES string of the molecule is CN(C(N)=N[C@@H]1C[C@H]1c1ccc(OC(F)F)cc1)C1CC1. The van der Waals surface area contributed by atoms with Gasteiger partial charge in [0.15, 0.2) is 5.96 Å². The van der Waals surface area contributed by atoms with E-state index in [-0.39, 0.29) is 11.8 Å². The largest absolute Gasteiger partial charge is 0.435 e. The first kappa shape index (κ1) is 14.1. The van der Waals surface area contributed by atoms with Crippen LogP contribution in [0.25, 0.3) is 0 Å². The van der Waals surface area contributed by atoms with E-state index in [1.807, 2.05) is 24.1 Å². The number of aliphatic imine (C=N–C) groups is 1. The van der Waals surface area contributed by atoms with E-state index in [4.69, 9.17) is 5.73 Å². The van der Waals surface area contributed by atoms with Gasteiger partial charge in [-0.05, 0) is 37.0 Å². The Balaban J connectivity index is 1.58. The standard InChI is InChI=1S/C15H19F2N3O/c1-20(10-4-5-10)15(18)19-13-8-12(13)9-2-6-11(7-3-9)21-14(16)17/h2-3,6-7,10,12-14H,4-5,8H2,1H3,(H2,18,19)/t12-,13+/m0/s1. The summed E-state index contributed by atoms with van der Waals surface area (Å²) in [5.74, 6) is 1.11. The Morgan fingerprint density at radius 3 is 2.57 bits per heavy atom. The summed E-state index contributed by atoms with van der Waals surface area (Å²) in [6, 6.07) is 7.53. The van der Waals surface area contributed by atoms with Gasteiger partial charge in [-0.3, -0.25) is 0 Å². The van der Waals surface area contributed by atoms with Crippen molar-refractivity contribution in [2.75, 3.05) is 7.05 Å². The van der Waals surface area contributed by atoms with Crippen molar-refractivity contribution in [3.63, 3.8) is 0 Å². The minimum absolute atomic E-state index is 0.183. The van der Waals surface area contributed by atoms with Gasteiger partial charge in [-0.15, -0.1) is 0 Å². The lowest BCUT2D eigenvalue weighted by Crippen LogP contribution is -2.36. The van der Waals surface area contributed by atoms with E-state index in [0.717, 1.165) is 12.0 Å². The molecule has 2 atom stereocenters. The first-order valence-electron chi connectivity index (χ1n) is 7.15. The molecule has 4 nitrogen and oxygen atoms in total. The minimum Gasteiger partial charge on any atom is -0.435 e. The van der Waals surface area contributed by atoms with Crippen LogP contribution in [0.5, 0.6) is 5.75 Å². The molecule has 2 fully saturated rings. The van der Waals surface area contributed by atoms with Gasteiger partial charge in [0, 0.05) is 19.0 Å². The molecule has 0 bridgehead atoms. The normalized spacial score (nSPS) is 25.0. The molecule has 2 aliphatic rings. The molecule has 0 amide bonds. The van der Waals surface area contributed by atoms with Gasteiger partial charge in [-0.25, -0.2) is 4.99 Å². The minimum atomic E-state index is -2.79. The summed E-state index contributed by atoms with van der Waals surface area (Å²) >= 11 is 0. The average Bonchev–Trinajstić information content (AvgIpc) is 3.33. The van der Waals surface area contributed by atoms with Crippen LogP contribution in [0.2, 0.25) is 0 Å². The van der Waals surface area contributed by atoms with Crippen molar-refractivity contribution < 1.29 is 13.5 Å². The van der Waals surface area contributed by atoms with Crippen molar-refractivity contribution in [2.45, 2.75) is 43.9 Å². The number of nitrogens with zero attached hydrogens (tertiary/aromatic N) is 2. The molecule has 2 aliphatic carbocycles. The van der Waals surface area contributed by atoms with E-state index >= 15 is 0 Å². The van der Waals surface area contributed by atoms with Crippen molar-refractivity contribution >= 4 is 5.96 Å². The molecule has 0 aromatic heterocycles. The van der Waals surface area contributed by atoms with Gasteiger partial charge >= 0.3 is 6.61 Å². The molecule has 0 spiro atoms. The second-order valence-corrected chi connectivity index (χ2v) is 5.69. The predicted octanol–water partition coefficient (Wildman–Crippen LogP) is 2.55. The van der Waals surface area contributed by atoms with Gasteiger partial charge in [0.05, 0.1) is 6.04 Å². The summed E-state index contributed by atoms with van der Waals surface area (Å²) in [6.07, 6.45) is 3.33. The first-order chi connectivity index (χ1) is 10.0. The zero-order valence-corrected chi connectivity index (χ0v) is 11.9. The molecule has 6 heteroatoms. The monoisotopic (exact) mass is 295 g/mol. The molecule has 2 saturated carbocycles.